The van der Waals surface area contributed by atoms with Crippen molar-refractivity contribution in [3.8, 4) is 16.9 Å². The van der Waals surface area contributed by atoms with Crippen molar-refractivity contribution in [2.75, 3.05) is 12.8 Å². The number of carbonyl (C=O) groups is 1. The Kier molecular flexibility index (Phi) is 9.05. The molecular formula is C21H20F5N5O5S. The van der Waals surface area contributed by atoms with E-state index in [-0.39, 0.29) is 17.0 Å². The number of hydrogen-bond acceptors (Lipinski definition) is 7. The highest BCUT2D eigenvalue weighted by Crippen LogP contribution is 2.24. The number of carboxylic acids is 1. The van der Waals surface area contributed by atoms with Crippen LogP contribution in [-0.4, -0.2) is 57.8 Å². The summed E-state index contributed by atoms with van der Waals surface area (Å²) in [7, 11) is -3.30. The number of sulfone groups is 1. The molecule has 0 amide bonds. The largest absolute Gasteiger partial charge is 0.490 e. The van der Waals surface area contributed by atoms with Crippen LogP contribution in [-0.2, 0) is 21.2 Å². The lowest BCUT2D eigenvalue weighted by molar-refractivity contribution is -0.192. The third-order valence-electron chi connectivity index (χ3n) is 4.73. The van der Waals surface area contributed by atoms with Gasteiger partial charge in [0.25, 0.3) is 6.08 Å². The summed E-state index contributed by atoms with van der Waals surface area (Å²) >= 11 is 0. The molecule has 37 heavy (non-hydrogen) atoms. The standard InChI is InChI=1S/C19H19F2N5O3S.C2HF3O2/c1-12-7-15(25-11-24-26(19(25)27)10-14(8-22)18(20)21)9-23-17(12)13-3-5-16(6-4-13)30(2,28)29;3-2(4,5)1(6)7/h3-7,9,11H,8,10,22H2,1-2H3;(H,6,7). The van der Waals surface area contributed by atoms with Gasteiger partial charge in [0.15, 0.2) is 9.84 Å². The number of rotatable bonds is 6. The molecule has 2 aromatic heterocycles. The SMILES string of the molecule is Cc1cc(-n2cnn(CC(CN)=C(F)F)c2=O)cnc1-c1ccc(S(C)(=O)=O)cc1.O=C(O)C(F)(F)F. The molecule has 16 heteroatoms. The number of aromatic nitrogens is 4. The lowest BCUT2D eigenvalue weighted by Gasteiger charge is -2.08. The summed E-state index contributed by atoms with van der Waals surface area (Å²) in [4.78, 5) is 26.0. The second-order valence-corrected chi connectivity index (χ2v) is 9.48. The Bertz CT molecular complexity index is 1470. The first-order chi connectivity index (χ1) is 17.1. The van der Waals surface area contributed by atoms with Gasteiger partial charge in [-0.3, -0.25) is 4.98 Å². The van der Waals surface area contributed by atoms with Gasteiger partial charge >= 0.3 is 17.8 Å². The number of nitrogens with two attached hydrogens (primary N) is 1. The van der Waals surface area contributed by atoms with Crippen molar-refractivity contribution in [3.05, 3.63) is 70.6 Å². The van der Waals surface area contributed by atoms with Crippen LogP contribution in [0, 0.1) is 6.92 Å². The minimum absolute atomic E-state index is 0.204. The number of halogens is 5. The lowest BCUT2D eigenvalue weighted by atomic mass is 10.1. The Morgan fingerprint density at radius 1 is 1.16 bits per heavy atom. The van der Waals surface area contributed by atoms with E-state index in [2.05, 4.69) is 10.1 Å². The summed E-state index contributed by atoms with van der Waals surface area (Å²) in [5.74, 6) is -2.76. The van der Waals surface area contributed by atoms with Crippen LogP contribution in [0.3, 0.4) is 0 Å². The van der Waals surface area contributed by atoms with E-state index in [0.29, 0.717) is 16.9 Å². The fourth-order valence-electron chi connectivity index (χ4n) is 2.86. The minimum Gasteiger partial charge on any atom is -0.475 e. The zero-order chi connectivity index (χ0) is 28.1. The van der Waals surface area contributed by atoms with Crippen LogP contribution in [0.4, 0.5) is 22.0 Å². The maximum atomic E-state index is 12.8. The van der Waals surface area contributed by atoms with Crippen LogP contribution in [0.25, 0.3) is 16.9 Å². The molecule has 0 unspecified atom stereocenters. The molecule has 3 rings (SSSR count). The van der Waals surface area contributed by atoms with E-state index in [1.165, 1.54) is 29.2 Å². The van der Waals surface area contributed by atoms with E-state index in [0.717, 1.165) is 16.5 Å². The molecule has 200 valence electrons. The number of carboxylic acid groups (broad SMARTS) is 1. The number of alkyl halides is 3. The topological polar surface area (TPSA) is 150 Å². The van der Waals surface area contributed by atoms with Gasteiger partial charge in [0.2, 0.25) is 0 Å². The van der Waals surface area contributed by atoms with Crippen LogP contribution >= 0.6 is 0 Å². The summed E-state index contributed by atoms with van der Waals surface area (Å²) in [5.41, 5.74) is 6.79. The third-order valence-corrected chi connectivity index (χ3v) is 5.86. The smallest absolute Gasteiger partial charge is 0.475 e. The highest BCUT2D eigenvalue weighted by atomic mass is 32.2. The molecule has 0 fully saturated rings. The Balaban J connectivity index is 0.000000604. The van der Waals surface area contributed by atoms with Gasteiger partial charge in [-0.2, -0.15) is 27.1 Å². The van der Waals surface area contributed by atoms with Crippen molar-refractivity contribution in [2.45, 2.75) is 24.5 Å². The van der Waals surface area contributed by atoms with Gasteiger partial charge in [-0.05, 0) is 30.7 Å². The van der Waals surface area contributed by atoms with Gasteiger partial charge in [-0.15, -0.1) is 0 Å². The first-order valence-corrected chi connectivity index (χ1v) is 11.9. The summed E-state index contributed by atoms with van der Waals surface area (Å²) < 4.78 is 82.6. The van der Waals surface area contributed by atoms with E-state index >= 15 is 0 Å². The molecule has 0 aliphatic carbocycles. The predicted octanol–water partition coefficient (Wildman–Crippen LogP) is 2.55. The van der Waals surface area contributed by atoms with Gasteiger partial charge in [0.1, 0.15) is 6.33 Å². The molecule has 3 aromatic rings. The Hall–Kier alpha value is -3.92. The van der Waals surface area contributed by atoms with E-state index in [1.807, 2.05) is 0 Å². The number of nitrogens with zero attached hydrogens (tertiary/aromatic N) is 4. The van der Waals surface area contributed by atoms with E-state index in [9.17, 15) is 35.2 Å². The molecule has 0 bridgehead atoms. The molecule has 10 nitrogen and oxygen atoms in total. The van der Waals surface area contributed by atoms with Crippen molar-refractivity contribution in [2.24, 2.45) is 5.73 Å². The highest BCUT2D eigenvalue weighted by Gasteiger charge is 2.38. The average Bonchev–Trinajstić information content (AvgIpc) is 3.16. The third kappa shape index (κ3) is 7.53. The van der Waals surface area contributed by atoms with Crippen LogP contribution in [0.15, 0.2) is 64.2 Å². The molecule has 0 saturated carbocycles. The number of benzene rings is 1. The quantitative estimate of drug-likeness (QED) is 0.446. The molecular weight excluding hydrogens is 529 g/mol. The van der Waals surface area contributed by atoms with Crippen LogP contribution in [0.2, 0.25) is 0 Å². The summed E-state index contributed by atoms with van der Waals surface area (Å²) in [6.45, 7) is 1.01. The lowest BCUT2D eigenvalue weighted by Crippen LogP contribution is -2.26. The van der Waals surface area contributed by atoms with Crippen LogP contribution in [0.5, 0.6) is 0 Å². The second kappa shape index (κ2) is 11.4. The van der Waals surface area contributed by atoms with E-state index in [1.54, 1.807) is 25.1 Å². The van der Waals surface area contributed by atoms with Gasteiger partial charge < -0.3 is 10.8 Å². The Labute approximate surface area is 206 Å². The van der Waals surface area contributed by atoms with Gasteiger partial charge in [0, 0.05) is 23.9 Å². The molecule has 3 N–H and O–H groups in total. The average molecular weight is 549 g/mol. The van der Waals surface area contributed by atoms with Gasteiger partial charge in [0.05, 0.1) is 29.0 Å². The molecule has 0 saturated heterocycles. The molecule has 2 heterocycles. The highest BCUT2D eigenvalue weighted by molar-refractivity contribution is 7.90. The van der Waals surface area contributed by atoms with E-state index in [4.69, 9.17) is 15.6 Å². The van der Waals surface area contributed by atoms with Crippen LogP contribution < -0.4 is 11.4 Å². The number of aliphatic carboxylic acids is 1. The first-order valence-electron chi connectivity index (χ1n) is 10.0. The van der Waals surface area contributed by atoms with Crippen LogP contribution in [0.1, 0.15) is 5.56 Å². The number of pyridine rings is 1. The summed E-state index contributed by atoms with van der Waals surface area (Å²) in [5, 5.41) is 11.0. The predicted molar refractivity (Wildman–Crippen MR) is 121 cm³/mol. The molecule has 1 aromatic carbocycles. The van der Waals surface area contributed by atoms with Crippen molar-refractivity contribution in [1.29, 1.82) is 0 Å². The fourth-order valence-corrected chi connectivity index (χ4v) is 3.49. The fraction of sp³-hybridized carbons (Fsp3) is 0.238. The van der Waals surface area contributed by atoms with E-state index < -0.39 is 40.3 Å². The molecule has 0 spiro atoms. The monoisotopic (exact) mass is 549 g/mol. The van der Waals surface area contributed by atoms with Crippen molar-refractivity contribution in [1.82, 2.24) is 19.3 Å². The zero-order valence-electron chi connectivity index (χ0n) is 19.2. The maximum absolute atomic E-state index is 12.8. The number of aryl methyl sites for hydroxylation is 1. The summed E-state index contributed by atoms with van der Waals surface area (Å²) in [6, 6.07) is 8.01. The Morgan fingerprint density at radius 3 is 2.16 bits per heavy atom. The molecule has 0 radical (unpaired) electrons. The zero-order valence-corrected chi connectivity index (χ0v) is 20.0. The number of hydrogen-bond donors (Lipinski definition) is 2. The maximum Gasteiger partial charge on any atom is 0.490 e. The van der Waals surface area contributed by atoms with Crippen molar-refractivity contribution < 1.29 is 40.3 Å². The Morgan fingerprint density at radius 2 is 1.73 bits per heavy atom. The van der Waals surface area contributed by atoms with Crippen molar-refractivity contribution >= 4 is 15.8 Å². The van der Waals surface area contributed by atoms with Gasteiger partial charge in [-0.25, -0.2) is 27.3 Å². The molecule has 0 aliphatic heterocycles. The summed E-state index contributed by atoms with van der Waals surface area (Å²) in [6.07, 6.45) is -3.20. The minimum atomic E-state index is -5.08. The normalized spacial score (nSPS) is 11.5. The van der Waals surface area contributed by atoms with Gasteiger partial charge in [-0.1, -0.05) is 12.1 Å². The second-order valence-electron chi connectivity index (χ2n) is 7.47. The van der Waals surface area contributed by atoms with Crippen molar-refractivity contribution in [3.63, 3.8) is 0 Å². The molecule has 0 aliphatic rings. The molecule has 0 atom stereocenters. The first kappa shape index (κ1) is 29.3.